The molecular formula is C17H18N2O6. The van der Waals surface area contributed by atoms with E-state index in [9.17, 15) is 14.4 Å². The van der Waals surface area contributed by atoms with Crippen LogP contribution in [0.5, 0.6) is 11.5 Å². The van der Waals surface area contributed by atoms with Gasteiger partial charge in [-0.25, -0.2) is 4.79 Å². The second kappa shape index (κ2) is 8.00. The van der Waals surface area contributed by atoms with Crippen LogP contribution in [0.25, 0.3) is 0 Å². The maximum Gasteiger partial charge on any atom is 0.346 e. The predicted molar refractivity (Wildman–Crippen MR) is 87.7 cm³/mol. The van der Waals surface area contributed by atoms with Gasteiger partial charge < -0.3 is 18.8 Å². The topological polar surface area (TPSA) is 95.9 Å². The Morgan fingerprint density at radius 1 is 1.04 bits per heavy atom. The third-order valence-electron chi connectivity index (χ3n) is 3.40. The maximum absolute atomic E-state index is 12.2. The Morgan fingerprint density at radius 2 is 1.68 bits per heavy atom. The van der Waals surface area contributed by atoms with Crippen molar-refractivity contribution in [1.82, 2.24) is 9.88 Å². The lowest BCUT2D eigenvalue weighted by molar-refractivity contribution is -0.123. The van der Waals surface area contributed by atoms with Gasteiger partial charge in [-0.2, -0.15) is 0 Å². The van der Waals surface area contributed by atoms with Crippen molar-refractivity contribution >= 4 is 17.8 Å². The van der Waals surface area contributed by atoms with Crippen molar-refractivity contribution in [2.24, 2.45) is 7.05 Å². The van der Waals surface area contributed by atoms with Crippen LogP contribution < -0.4 is 14.8 Å². The lowest BCUT2D eigenvalue weighted by atomic mass is 10.2. The van der Waals surface area contributed by atoms with Crippen LogP contribution in [-0.2, 0) is 16.6 Å². The number of nitrogens with one attached hydrogen (secondary N) is 1. The van der Waals surface area contributed by atoms with Crippen molar-refractivity contribution in [2.45, 2.75) is 0 Å². The van der Waals surface area contributed by atoms with Crippen molar-refractivity contribution in [3.8, 4) is 11.5 Å². The number of carbonyl (C=O) groups excluding carboxylic acids is 3. The van der Waals surface area contributed by atoms with Gasteiger partial charge in [-0.1, -0.05) is 6.07 Å². The molecule has 2 rings (SSSR count). The number of amides is 2. The molecule has 2 aromatic rings. The Hall–Kier alpha value is -3.29. The molecule has 8 heteroatoms. The fraction of sp³-hybridized carbons (Fsp3) is 0.235. The number of imide groups is 1. The molecule has 0 radical (unpaired) electrons. The number of aromatic nitrogens is 1. The summed E-state index contributed by atoms with van der Waals surface area (Å²) >= 11 is 0. The molecular weight excluding hydrogens is 328 g/mol. The average Bonchev–Trinajstić information content (AvgIpc) is 3.04. The zero-order chi connectivity index (χ0) is 18.4. The van der Waals surface area contributed by atoms with Crippen LogP contribution in [0.2, 0.25) is 0 Å². The van der Waals surface area contributed by atoms with Crippen LogP contribution in [0, 0.1) is 0 Å². The number of esters is 1. The minimum absolute atomic E-state index is 0.0639. The molecule has 0 fully saturated rings. The largest absolute Gasteiger partial charge is 0.496 e. The molecule has 8 nitrogen and oxygen atoms in total. The number of nitrogens with zero attached hydrogens (tertiary/aromatic N) is 1. The van der Waals surface area contributed by atoms with Crippen LogP contribution in [0.4, 0.5) is 0 Å². The molecule has 2 amide bonds. The van der Waals surface area contributed by atoms with Gasteiger partial charge in [-0.05, 0) is 24.3 Å². The SMILES string of the molecule is COc1cccc(OC)c1C(=O)OCC(=O)NC(=O)c1cccn1C. The van der Waals surface area contributed by atoms with E-state index in [0.29, 0.717) is 5.69 Å². The number of benzene rings is 1. The van der Waals surface area contributed by atoms with Crippen molar-refractivity contribution in [3.05, 3.63) is 47.8 Å². The summed E-state index contributed by atoms with van der Waals surface area (Å²) in [6, 6.07) is 8.03. The number of ether oxygens (including phenoxy) is 3. The van der Waals surface area contributed by atoms with Gasteiger partial charge in [0.2, 0.25) is 0 Å². The molecule has 0 atom stereocenters. The van der Waals surface area contributed by atoms with Crippen LogP contribution in [0.15, 0.2) is 36.5 Å². The van der Waals surface area contributed by atoms with E-state index in [1.165, 1.54) is 14.2 Å². The number of hydrogen-bond donors (Lipinski definition) is 1. The van der Waals surface area contributed by atoms with Crippen molar-refractivity contribution in [2.75, 3.05) is 20.8 Å². The van der Waals surface area contributed by atoms with E-state index < -0.39 is 24.4 Å². The summed E-state index contributed by atoms with van der Waals surface area (Å²) in [7, 11) is 4.47. The smallest absolute Gasteiger partial charge is 0.346 e. The van der Waals surface area contributed by atoms with Gasteiger partial charge in [0.25, 0.3) is 11.8 Å². The third kappa shape index (κ3) is 4.17. The highest BCUT2D eigenvalue weighted by atomic mass is 16.5. The molecule has 25 heavy (non-hydrogen) atoms. The van der Waals surface area contributed by atoms with Gasteiger partial charge in [-0.15, -0.1) is 0 Å². The van der Waals surface area contributed by atoms with E-state index >= 15 is 0 Å². The van der Waals surface area contributed by atoms with Crippen LogP contribution in [0.1, 0.15) is 20.8 Å². The van der Waals surface area contributed by atoms with Crippen molar-refractivity contribution < 1.29 is 28.6 Å². The second-order valence-corrected chi connectivity index (χ2v) is 5.00. The van der Waals surface area contributed by atoms with E-state index in [4.69, 9.17) is 14.2 Å². The first-order chi connectivity index (χ1) is 12.0. The van der Waals surface area contributed by atoms with Gasteiger partial charge in [0.05, 0.1) is 14.2 Å². The Kier molecular flexibility index (Phi) is 5.78. The molecule has 132 valence electrons. The van der Waals surface area contributed by atoms with Crippen molar-refractivity contribution in [3.63, 3.8) is 0 Å². The van der Waals surface area contributed by atoms with Crippen LogP contribution in [0.3, 0.4) is 0 Å². The summed E-state index contributed by atoms with van der Waals surface area (Å²) in [6.07, 6.45) is 1.67. The molecule has 0 unspecified atom stereocenters. The lowest BCUT2D eigenvalue weighted by Gasteiger charge is -2.12. The van der Waals surface area contributed by atoms with E-state index in [1.54, 1.807) is 48.1 Å². The number of carbonyl (C=O) groups is 3. The first-order valence-corrected chi connectivity index (χ1v) is 7.31. The molecule has 1 N–H and O–H groups in total. The zero-order valence-corrected chi connectivity index (χ0v) is 14.1. The maximum atomic E-state index is 12.2. The molecule has 0 saturated carbocycles. The van der Waals surface area contributed by atoms with Gasteiger partial charge >= 0.3 is 5.97 Å². The van der Waals surface area contributed by atoms with E-state index in [1.807, 2.05) is 0 Å². The monoisotopic (exact) mass is 346 g/mol. The lowest BCUT2D eigenvalue weighted by Crippen LogP contribution is -2.35. The zero-order valence-electron chi connectivity index (χ0n) is 14.1. The first-order valence-electron chi connectivity index (χ1n) is 7.31. The Bertz CT molecular complexity index is 774. The van der Waals surface area contributed by atoms with Gasteiger partial charge in [0, 0.05) is 13.2 Å². The number of rotatable bonds is 6. The molecule has 1 aromatic heterocycles. The van der Waals surface area contributed by atoms with E-state index in [0.717, 1.165) is 0 Å². The molecule has 0 spiro atoms. The van der Waals surface area contributed by atoms with Crippen LogP contribution in [-0.4, -0.2) is 43.2 Å². The Morgan fingerprint density at radius 3 is 2.20 bits per heavy atom. The third-order valence-corrected chi connectivity index (χ3v) is 3.40. The summed E-state index contributed by atoms with van der Waals surface area (Å²) in [5.74, 6) is -1.61. The summed E-state index contributed by atoms with van der Waals surface area (Å²) in [5.41, 5.74) is 0.375. The van der Waals surface area contributed by atoms with Gasteiger partial charge in [0.1, 0.15) is 22.8 Å². The minimum Gasteiger partial charge on any atom is -0.496 e. The number of hydrogen-bond acceptors (Lipinski definition) is 6. The fourth-order valence-electron chi connectivity index (χ4n) is 2.18. The van der Waals surface area contributed by atoms with Gasteiger partial charge in [0.15, 0.2) is 6.61 Å². The average molecular weight is 346 g/mol. The van der Waals surface area contributed by atoms with Crippen molar-refractivity contribution in [1.29, 1.82) is 0 Å². The minimum atomic E-state index is -0.796. The molecule has 0 saturated heterocycles. The van der Waals surface area contributed by atoms with E-state index in [-0.39, 0.29) is 17.1 Å². The highest BCUT2D eigenvalue weighted by molar-refractivity contribution is 6.05. The number of aryl methyl sites for hydroxylation is 1. The van der Waals surface area contributed by atoms with Gasteiger partial charge in [-0.3, -0.25) is 14.9 Å². The molecule has 0 bridgehead atoms. The molecule has 1 aromatic carbocycles. The highest BCUT2D eigenvalue weighted by Gasteiger charge is 2.21. The molecule has 1 heterocycles. The summed E-state index contributed by atoms with van der Waals surface area (Å²) in [6.45, 7) is -0.615. The number of methoxy groups -OCH3 is 2. The summed E-state index contributed by atoms with van der Waals surface area (Å²) < 4.78 is 16.7. The standard InChI is InChI=1S/C17H18N2O6/c1-19-9-5-6-11(19)16(21)18-14(20)10-25-17(22)15-12(23-2)7-4-8-13(15)24-3/h4-9H,10H2,1-3H3,(H,18,20,21). The van der Waals surface area contributed by atoms with Crippen LogP contribution >= 0.6 is 0 Å². The quantitative estimate of drug-likeness (QED) is 0.789. The van der Waals surface area contributed by atoms with E-state index in [2.05, 4.69) is 5.32 Å². The fourth-order valence-corrected chi connectivity index (χ4v) is 2.18. The first kappa shape index (κ1) is 18.1. The Labute approximate surface area is 144 Å². The second-order valence-electron chi connectivity index (χ2n) is 5.00. The normalized spacial score (nSPS) is 10.0. The summed E-state index contributed by atoms with van der Waals surface area (Å²) in [4.78, 5) is 36.0. The highest BCUT2D eigenvalue weighted by Crippen LogP contribution is 2.28. The predicted octanol–water partition coefficient (Wildman–Crippen LogP) is 1.16. The summed E-state index contributed by atoms with van der Waals surface area (Å²) in [5, 5.41) is 2.15. The molecule has 0 aliphatic heterocycles. The molecule has 0 aliphatic rings. The Balaban J connectivity index is 1.99. The molecule has 0 aliphatic carbocycles.